The summed E-state index contributed by atoms with van der Waals surface area (Å²) in [6.07, 6.45) is 1.42. The van der Waals surface area contributed by atoms with Gasteiger partial charge in [-0.25, -0.2) is 0 Å². The minimum absolute atomic E-state index is 0.180. The third kappa shape index (κ3) is 4.67. The van der Waals surface area contributed by atoms with Gasteiger partial charge in [0.05, 0.1) is 19.1 Å². The fraction of sp³-hybridized carbons (Fsp3) is 0.0833. The molecule has 0 aliphatic heterocycles. The van der Waals surface area contributed by atoms with Crippen molar-refractivity contribution < 1.29 is 23.5 Å². The van der Waals surface area contributed by atoms with Crippen LogP contribution >= 0.6 is 0 Å². The molecule has 1 heterocycles. The highest BCUT2D eigenvalue weighted by atomic mass is 16.5. The maximum absolute atomic E-state index is 12.5. The number of hydrogen-bond donors (Lipinski definition) is 2. The second-order valence-corrected chi connectivity index (χ2v) is 6.66. The van der Waals surface area contributed by atoms with E-state index >= 15 is 0 Å². The highest BCUT2D eigenvalue weighted by molar-refractivity contribution is 6.03. The van der Waals surface area contributed by atoms with Crippen molar-refractivity contribution in [3.05, 3.63) is 84.8 Å². The van der Waals surface area contributed by atoms with Crippen molar-refractivity contribution in [2.24, 2.45) is 0 Å². The first-order valence-corrected chi connectivity index (χ1v) is 9.57. The van der Waals surface area contributed by atoms with E-state index in [0.717, 1.165) is 10.8 Å². The summed E-state index contributed by atoms with van der Waals surface area (Å²) in [6.45, 7) is -0.180. The normalized spacial score (nSPS) is 10.5. The van der Waals surface area contributed by atoms with Crippen LogP contribution in [0.2, 0.25) is 0 Å². The van der Waals surface area contributed by atoms with Gasteiger partial charge in [0.15, 0.2) is 12.4 Å². The van der Waals surface area contributed by atoms with E-state index in [2.05, 4.69) is 10.6 Å². The van der Waals surface area contributed by atoms with Crippen molar-refractivity contribution in [3.8, 4) is 11.5 Å². The van der Waals surface area contributed by atoms with Gasteiger partial charge in [-0.3, -0.25) is 9.59 Å². The molecule has 4 rings (SSSR count). The van der Waals surface area contributed by atoms with E-state index in [1.165, 1.54) is 13.4 Å². The number of benzene rings is 3. The van der Waals surface area contributed by atoms with Crippen LogP contribution in [-0.2, 0) is 4.79 Å². The minimum Gasteiger partial charge on any atom is -0.495 e. The molecule has 0 atom stereocenters. The van der Waals surface area contributed by atoms with Crippen molar-refractivity contribution in [1.82, 2.24) is 0 Å². The molecule has 2 N–H and O–H groups in total. The zero-order valence-corrected chi connectivity index (χ0v) is 16.8. The van der Waals surface area contributed by atoms with Crippen LogP contribution in [0.3, 0.4) is 0 Å². The van der Waals surface area contributed by atoms with Gasteiger partial charge in [0.2, 0.25) is 0 Å². The van der Waals surface area contributed by atoms with Gasteiger partial charge in [-0.05, 0) is 41.8 Å². The summed E-state index contributed by atoms with van der Waals surface area (Å²) >= 11 is 0. The van der Waals surface area contributed by atoms with Gasteiger partial charge in [-0.1, -0.05) is 36.4 Å². The van der Waals surface area contributed by atoms with E-state index in [9.17, 15) is 9.59 Å². The molecule has 156 valence electrons. The van der Waals surface area contributed by atoms with Crippen molar-refractivity contribution >= 4 is 34.0 Å². The number of carbonyl (C=O) groups is 2. The van der Waals surface area contributed by atoms with Gasteiger partial charge in [0.1, 0.15) is 11.5 Å². The van der Waals surface area contributed by atoms with E-state index in [0.29, 0.717) is 22.9 Å². The molecule has 0 aliphatic carbocycles. The van der Waals surface area contributed by atoms with Crippen LogP contribution in [0, 0.1) is 0 Å². The van der Waals surface area contributed by atoms with Crippen LogP contribution in [0.1, 0.15) is 10.6 Å². The molecule has 3 aromatic carbocycles. The number of rotatable bonds is 7. The molecule has 0 spiro atoms. The summed E-state index contributed by atoms with van der Waals surface area (Å²) in [5.74, 6) is 0.506. The SMILES string of the molecule is COc1ccc(NC(=O)c2ccco2)cc1NC(=O)COc1cccc2ccccc12. The Kier molecular flexibility index (Phi) is 5.84. The van der Waals surface area contributed by atoms with Crippen LogP contribution in [0.5, 0.6) is 11.5 Å². The predicted molar refractivity (Wildman–Crippen MR) is 118 cm³/mol. The number of furan rings is 1. The molecule has 7 heteroatoms. The molecule has 0 radical (unpaired) electrons. The number of methoxy groups -OCH3 is 1. The van der Waals surface area contributed by atoms with E-state index < -0.39 is 5.91 Å². The van der Waals surface area contributed by atoms with Crippen LogP contribution in [0.15, 0.2) is 83.5 Å². The van der Waals surface area contributed by atoms with E-state index in [1.54, 1.807) is 30.3 Å². The Balaban J connectivity index is 1.44. The Labute approximate surface area is 178 Å². The van der Waals surface area contributed by atoms with Crippen molar-refractivity contribution in [2.75, 3.05) is 24.4 Å². The molecular weight excluding hydrogens is 396 g/mol. The highest BCUT2D eigenvalue weighted by Gasteiger charge is 2.13. The summed E-state index contributed by atoms with van der Waals surface area (Å²) in [5.41, 5.74) is 0.888. The molecule has 4 aromatic rings. The number of hydrogen-bond acceptors (Lipinski definition) is 5. The van der Waals surface area contributed by atoms with Gasteiger partial charge in [0.25, 0.3) is 11.8 Å². The lowest BCUT2D eigenvalue weighted by Crippen LogP contribution is -2.21. The smallest absolute Gasteiger partial charge is 0.291 e. The van der Waals surface area contributed by atoms with Gasteiger partial charge in [0, 0.05) is 11.1 Å². The second kappa shape index (κ2) is 9.04. The lowest BCUT2D eigenvalue weighted by Gasteiger charge is -2.13. The van der Waals surface area contributed by atoms with Crippen molar-refractivity contribution in [3.63, 3.8) is 0 Å². The Hall–Kier alpha value is -4.26. The second-order valence-electron chi connectivity index (χ2n) is 6.66. The zero-order chi connectivity index (χ0) is 21.6. The Bertz CT molecular complexity index is 1210. The molecule has 31 heavy (non-hydrogen) atoms. The Morgan fingerprint density at radius 3 is 2.55 bits per heavy atom. The lowest BCUT2D eigenvalue weighted by atomic mass is 10.1. The molecule has 0 fully saturated rings. The van der Waals surface area contributed by atoms with E-state index in [1.807, 2.05) is 42.5 Å². The first-order chi connectivity index (χ1) is 15.1. The third-order valence-corrected chi connectivity index (χ3v) is 4.58. The monoisotopic (exact) mass is 416 g/mol. The number of nitrogens with one attached hydrogen (secondary N) is 2. The number of anilines is 2. The first kappa shape index (κ1) is 20.0. The fourth-order valence-electron chi connectivity index (χ4n) is 3.14. The topological polar surface area (TPSA) is 89.8 Å². The van der Waals surface area contributed by atoms with Gasteiger partial charge < -0.3 is 24.5 Å². The largest absolute Gasteiger partial charge is 0.495 e. The molecule has 0 saturated heterocycles. The number of fused-ring (bicyclic) bond motifs is 1. The molecule has 0 unspecified atom stereocenters. The van der Waals surface area contributed by atoms with Gasteiger partial charge >= 0.3 is 0 Å². The summed E-state index contributed by atoms with van der Waals surface area (Å²) in [7, 11) is 1.50. The maximum atomic E-state index is 12.5. The fourth-order valence-corrected chi connectivity index (χ4v) is 3.14. The predicted octanol–water partition coefficient (Wildman–Crippen LogP) is 4.71. The summed E-state index contributed by atoms with van der Waals surface area (Å²) in [4.78, 5) is 24.7. The Morgan fingerprint density at radius 1 is 0.903 bits per heavy atom. The molecule has 0 aliphatic rings. The standard InChI is InChI=1S/C24H20N2O5/c1-29-21-12-11-17(25-24(28)22-10-5-13-30-22)14-19(21)26-23(27)15-31-20-9-4-7-16-6-2-3-8-18(16)20/h2-14H,15H2,1H3,(H,25,28)(H,26,27). The molecule has 7 nitrogen and oxygen atoms in total. The van der Waals surface area contributed by atoms with Crippen LogP contribution < -0.4 is 20.1 Å². The third-order valence-electron chi connectivity index (χ3n) is 4.58. The van der Waals surface area contributed by atoms with E-state index in [4.69, 9.17) is 13.9 Å². The van der Waals surface area contributed by atoms with Crippen LogP contribution in [0.25, 0.3) is 10.8 Å². The van der Waals surface area contributed by atoms with Crippen molar-refractivity contribution in [2.45, 2.75) is 0 Å². The van der Waals surface area contributed by atoms with Crippen molar-refractivity contribution in [1.29, 1.82) is 0 Å². The average molecular weight is 416 g/mol. The maximum Gasteiger partial charge on any atom is 0.291 e. The van der Waals surface area contributed by atoms with Gasteiger partial charge in [-0.2, -0.15) is 0 Å². The highest BCUT2D eigenvalue weighted by Crippen LogP contribution is 2.29. The summed E-state index contributed by atoms with van der Waals surface area (Å²) < 4.78 is 16.1. The lowest BCUT2D eigenvalue weighted by molar-refractivity contribution is -0.118. The quantitative estimate of drug-likeness (QED) is 0.455. The first-order valence-electron chi connectivity index (χ1n) is 9.57. The molecule has 0 bridgehead atoms. The average Bonchev–Trinajstić information content (AvgIpc) is 3.33. The Morgan fingerprint density at radius 2 is 1.74 bits per heavy atom. The number of carbonyl (C=O) groups excluding carboxylic acids is 2. The van der Waals surface area contributed by atoms with Crippen LogP contribution in [-0.4, -0.2) is 25.5 Å². The molecule has 1 aromatic heterocycles. The van der Waals surface area contributed by atoms with E-state index in [-0.39, 0.29) is 18.3 Å². The molecule has 2 amide bonds. The van der Waals surface area contributed by atoms with Crippen LogP contribution in [0.4, 0.5) is 11.4 Å². The number of amides is 2. The zero-order valence-electron chi connectivity index (χ0n) is 16.8. The molecular formula is C24H20N2O5. The molecule has 0 saturated carbocycles. The minimum atomic E-state index is -0.397. The van der Waals surface area contributed by atoms with Gasteiger partial charge in [-0.15, -0.1) is 0 Å². The summed E-state index contributed by atoms with van der Waals surface area (Å²) in [6, 6.07) is 21.6. The summed E-state index contributed by atoms with van der Waals surface area (Å²) in [5, 5.41) is 7.44. The number of ether oxygens (including phenoxy) is 2.